The van der Waals surface area contributed by atoms with Crippen LogP contribution in [0, 0.1) is 0 Å². The summed E-state index contributed by atoms with van der Waals surface area (Å²) in [7, 11) is 1.20. The summed E-state index contributed by atoms with van der Waals surface area (Å²) in [5, 5.41) is 13.7. The molecule has 19 heavy (non-hydrogen) atoms. The standard InChI is InChI=1S/C11H16N2O6/c1-19-9(15)5-3-7(11(17)18)13-10(16)6-2-4-8(14)12-6/h6-7H,2-5H2,1H3,(H,12,14)(H,13,16)(H,17,18)/t6-,7-/m0/s1. The molecule has 1 saturated heterocycles. The van der Waals surface area contributed by atoms with E-state index in [0.717, 1.165) is 0 Å². The van der Waals surface area contributed by atoms with E-state index in [4.69, 9.17) is 5.11 Å². The van der Waals surface area contributed by atoms with E-state index in [-0.39, 0.29) is 25.2 Å². The van der Waals surface area contributed by atoms with Crippen LogP contribution in [0.2, 0.25) is 0 Å². The Morgan fingerprint density at radius 3 is 2.68 bits per heavy atom. The third-order valence-corrected chi connectivity index (χ3v) is 2.79. The molecule has 0 unspecified atom stereocenters. The number of aliphatic carboxylic acids is 1. The van der Waals surface area contributed by atoms with Gasteiger partial charge in [0.2, 0.25) is 11.8 Å². The summed E-state index contributed by atoms with van der Waals surface area (Å²) in [6.07, 6.45) is 0.422. The lowest BCUT2D eigenvalue weighted by atomic mass is 10.1. The maximum atomic E-state index is 11.7. The molecular formula is C11H16N2O6. The van der Waals surface area contributed by atoms with Crippen LogP contribution in [0.15, 0.2) is 0 Å². The summed E-state index contributed by atoms with van der Waals surface area (Å²) in [4.78, 5) is 44.6. The molecule has 0 bridgehead atoms. The predicted octanol–water partition coefficient (Wildman–Crippen LogP) is -1.21. The molecule has 8 heteroatoms. The van der Waals surface area contributed by atoms with Crippen LogP contribution in [-0.2, 0) is 23.9 Å². The first kappa shape index (κ1) is 14.9. The zero-order valence-electron chi connectivity index (χ0n) is 10.5. The molecule has 0 saturated carbocycles. The van der Waals surface area contributed by atoms with Crippen molar-refractivity contribution in [2.45, 2.75) is 37.8 Å². The Hall–Kier alpha value is -2.12. The lowest BCUT2D eigenvalue weighted by Gasteiger charge is -2.16. The van der Waals surface area contributed by atoms with Crippen LogP contribution >= 0.6 is 0 Å². The number of amides is 2. The van der Waals surface area contributed by atoms with Crippen molar-refractivity contribution in [1.82, 2.24) is 10.6 Å². The van der Waals surface area contributed by atoms with E-state index >= 15 is 0 Å². The molecule has 1 aliphatic heterocycles. The van der Waals surface area contributed by atoms with E-state index in [0.29, 0.717) is 6.42 Å². The number of methoxy groups -OCH3 is 1. The quantitative estimate of drug-likeness (QED) is 0.521. The monoisotopic (exact) mass is 272 g/mol. The molecule has 8 nitrogen and oxygen atoms in total. The van der Waals surface area contributed by atoms with Crippen LogP contribution in [0.5, 0.6) is 0 Å². The predicted molar refractivity (Wildman–Crippen MR) is 62.0 cm³/mol. The second-order valence-electron chi connectivity index (χ2n) is 4.17. The molecule has 0 spiro atoms. The summed E-state index contributed by atoms with van der Waals surface area (Å²) in [6.45, 7) is 0. The molecule has 1 rings (SSSR count). The van der Waals surface area contributed by atoms with Gasteiger partial charge in [0.1, 0.15) is 12.1 Å². The average Bonchev–Trinajstić information content (AvgIpc) is 2.80. The van der Waals surface area contributed by atoms with Gasteiger partial charge in [-0.25, -0.2) is 4.79 Å². The number of hydrogen-bond donors (Lipinski definition) is 3. The summed E-state index contributed by atoms with van der Waals surface area (Å²) < 4.78 is 4.40. The first-order valence-corrected chi connectivity index (χ1v) is 5.83. The van der Waals surface area contributed by atoms with Crippen LogP contribution in [-0.4, -0.2) is 48.1 Å². The van der Waals surface area contributed by atoms with Crippen molar-refractivity contribution < 1.29 is 29.0 Å². The fourth-order valence-corrected chi connectivity index (χ4v) is 1.70. The Labute approximate surface area is 109 Å². The number of rotatable bonds is 6. The Balaban J connectivity index is 2.48. The Morgan fingerprint density at radius 1 is 1.53 bits per heavy atom. The fourth-order valence-electron chi connectivity index (χ4n) is 1.70. The van der Waals surface area contributed by atoms with Gasteiger partial charge in [-0.05, 0) is 12.8 Å². The Kier molecular flexibility index (Phi) is 5.28. The first-order valence-electron chi connectivity index (χ1n) is 5.83. The van der Waals surface area contributed by atoms with Crippen molar-refractivity contribution in [2.75, 3.05) is 7.11 Å². The fraction of sp³-hybridized carbons (Fsp3) is 0.636. The number of hydrogen-bond acceptors (Lipinski definition) is 5. The highest BCUT2D eigenvalue weighted by atomic mass is 16.5. The van der Waals surface area contributed by atoms with Gasteiger partial charge in [0, 0.05) is 12.8 Å². The SMILES string of the molecule is COC(=O)CC[C@H](NC(=O)[C@@H]1CCC(=O)N1)C(=O)O. The van der Waals surface area contributed by atoms with Crippen molar-refractivity contribution >= 4 is 23.8 Å². The van der Waals surface area contributed by atoms with Crippen LogP contribution in [0.3, 0.4) is 0 Å². The van der Waals surface area contributed by atoms with E-state index in [1.165, 1.54) is 7.11 Å². The van der Waals surface area contributed by atoms with Crippen molar-refractivity contribution in [3.63, 3.8) is 0 Å². The molecular weight excluding hydrogens is 256 g/mol. The minimum absolute atomic E-state index is 0.0611. The van der Waals surface area contributed by atoms with Gasteiger partial charge in [-0.1, -0.05) is 0 Å². The molecule has 2 atom stereocenters. The van der Waals surface area contributed by atoms with Gasteiger partial charge in [-0.2, -0.15) is 0 Å². The smallest absolute Gasteiger partial charge is 0.326 e. The largest absolute Gasteiger partial charge is 0.480 e. The first-order chi connectivity index (χ1) is 8.93. The molecule has 0 aromatic heterocycles. The number of esters is 1. The van der Waals surface area contributed by atoms with Gasteiger partial charge in [0.15, 0.2) is 0 Å². The lowest BCUT2D eigenvalue weighted by molar-refractivity contribution is -0.144. The molecule has 0 aromatic rings. The summed E-state index contributed by atoms with van der Waals surface area (Å²) in [6, 6.07) is -1.88. The topological polar surface area (TPSA) is 122 Å². The molecule has 3 N–H and O–H groups in total. The minimum Gasteiger partial charge on any atom is -0.480 e. The normalized spacial score (nSPS) is 19.4. The molecule has 0 aromatic carbocycles. The summed E-state index contributed by atoms with van der Waals surface area (Å²) >= 11 is 0. The molecule has 2 amide bonds. The van der Waals surface area contributed by atoms with Crippen LogP contribution in [0.25, 0.3) is 0 Å². The number of carbonyl (C=O) groups excluding carboxylic acids is 3. The second kappa shape index (κ2) is 6.72. The summed E-state index contributed by atoms with van der Waals surface area (Å²) in [5.74, 6) is -2.57. The highest BCUT2D eigenvalue weighted by Crippen LogP contribution is 2.08. The number of ether oxygens (including phenoxy) is 1. The van der Waals surface area contributed by atoms with E-state index in [9.17, 15) is 19.2 Å². The zero-order chi connectivity index (χ0) is 14.4. The van der Waals surface area contributed by atoms with Gasteiger partial charge in [-0.15, -0.1) is 0 Å². The highest BCUT2D eigenvalue weighted by molar-refractivity contribution is 5.92. The van der Waals surface area contributed by atoms with E-state index in [1.54, 1.807) is 0 Å². The van der Waals surface area contributed by atoms with Gasteiger partial charge < -0.3 is 20.5 Å². The van der Waals surface area contributed by atoms with Gasteiger partial charge >= 0.3 is 11.9 Å². The third kappa shape index (κ3) is 4.57. The summed E-state index contributed by atoms with van der Waals surface area (Å²) in [5.41, 5.74) is 0. The van der Waals surface area contributed by atoms with Crippen molar-refractivity contribution in [3.05, 3.63) is 0 Å². The third-order valence-electron chi connectivity index (χ3n) is 2.79. The van der Waals surface area contributed by atoms with E-state index in [1.807, 2.05) is 0 Å². The average molecular weight is 272 g/mol. The number of carbonyl (C=O) groups is 4. The minimum atomic E-state index is -1.23. The van der Waals surface area contributed by atoms with Crippen LogP contribution < -0.4 is 10.6 Å². The van der Waals surface area contributed by atoms with Crippen molar-refractivity contribution in [2.24, 2.45) is 0 Å². The molecule has 1 fully saturated rings. The van der Waals surface area contributed by atoms with Gasteiger partial charge in [-0.3, -0.25) is 14.4 Å². The number of carboxylic acids is 1. The van der Waals surface area contributed by atoms with Crippen LogP contribution in [0.1, 0.15) is 25.7 Å². The zero-order valence-corrected chi connectivity index (χ0v) is 10.5. The Bertz CT molecular complexity index is 395. The van der Waals surface area contributed by atoms with Gasteiger partial charge in [0.05, 0.1) is 7.11 Å². The van der Waals surface area contributed by atoms with Crippen molar-refractivity contribution in [1.29, 1.82) is 0 Å². The maximum Gasteiger partial charge on any atom is 0.326 e. The number of carboxylic acid groups (broad SMARTS) is 1. The molecule has 0 radical (unpaired) electrons. The highest BCUT2D eigenvalue weighted by Gasteiger charge is 2.30. The second-order valence-corrected chi connectivity index (χ2v) is 4.17. The molecule has 1 aliphatic rings. The molecule has 106 valence electrons. The van der Waals surface area contributed by atoms with E-state index < -0.39 is 29.9 Å². The maximum absolute atomic E-state index is 11.7. The lowest BCUT2D eigenvalue weighted by Crippen LogP contribution is -2.48. The molecule has 0 aliphatic carbocycles. The molecule has 1 heterocycles. The Morgan fingerprint density at radius 2 is 2.21 bits per heavy atom. The number of nitrogens with one attached hydrogen (secondary N) is 2. The van der Waals surface area contributed by atoms with Crippen molar-refractivity contribution in [3.8, 4) is 0 Å². The van der Waals surface area contributed by atoms with Crippen LogP contribution in [0.4, 0.5) is 0 Å². The van der Waals surface area contributed by atoms with Gasteiger partial charge in [0.25, 0.3) is 0 Å². The van der Waals surface area contributed by atoms with E-state index in [2.05, 4.69) is 15.4 Å².